The number of rotatable bonds is 6. The molecule has 0 spiro atoms. The van der Waals surface area contributed by atoms with Gasteiger partial charge in [0.05, 0.1) is 11.8 Å². The Labute approximate surface area is 170 Å². The summed E-state index contributed by atoms with van der Waals surface area (Å²) in [5, 5.41) is 3.60. The molecule has 2 aromatic rings. The lowest BCUT2D eigenvalue weighted by molar-refractivity contribution is 0.0919. The molecule has 28 heavy (non-hydrogen) atoms. The highest BCUT2D eigenvalue weighted by atomic mass is 35.5. The van der Waals surface area contributed by atoms with Crippen LogP contribution in [0.3, 0.4) is 0 Å². The summed E-state index contributed by atoms with van der Waals surface area (Å²) < 4.78 is 30.5. The first kappa shape index (κ1) is 20.6. The van der Waals surface area contributed by atoms with E-state index in [0.717, 1.165) is 5.56 Å². The molecule has 1 aliphatic rings. The number of hydrogen-bond donors (Lipinski definition) is 1. The maximum atomic E-state index is 12.7. The number of halogens is 1. The molecule has 1 saturated heterocycles. The number of nitrogens with zero attached hydrogens (tertiary/aromatic N) is 1. The van der Waals surface area contributed by atoms with E-state index in [0.29, 0.717) is 42.3 Å². The fourth-order valence-corrected chi connectivity index (χ4v) is 4.21. The van der Waals surface area contributed by atoms with E-state index in [1.54, 1.807) is 24.3 Å². The summed E-state index contributed by atoms with van der Waals surface area (Å²) in [5.41, 5.74) is 1.28. The molecule has 0 radical (unpaired) electrons. The molecule has 8 heteroatoms. The highest BCUT2D eigenvalue weighted by Gasteiger charge is 2.26. The zero-order valence-corrected chi connectivity index (χ0v) is 17.2. The molecule has 0 atom stereocenters. The molecule has 1 heterocycles. The van der Waals surface area contributed by atoms with Gasteiger partial charge >= 0.3 is 0 Å². The minimum Gasteiger partial charge on any atom is -0.488 e. The number of carbonyl (C=O) groups excluding carboxylic acids is 1. The summed E-state index contributed by atoms with van der Waals surface area (Å²) in [6.45, 7) is 1.08. The van der Waals surface area contributed by atoms with Gasteiger partial charge in [-0.3, -0.25) is 4.79 Å². The Morgan fingerprint density at radius 1 is 1.14 bits per heavy atom. The van der Waals surface area contributed by atoms with Crippen LogP contribution in [0.15, 0.2) is 48.5 Å². The molecule has 1 N–H and O–H groups in total. The molecule has 3 rings (SSSR count). The van der Waals surface area contributed by atoms with Gasteiger partial charge in [0, 0.05) is 29.7 Å². The number of piperidine rings is 1. The molecule has 0 bridgehead atoms. The maximum Gasteiger partial charge on any atom is 0.255 e. The molecule has 1 fully saturated rings. The summed E-state index contributed by atoms with van der Waals surface area (Å²) in [6, 6.07) is 14.4. The van der Waals surface area contributed by atoms with Crippen molar-refractivity contribution in [1.29, 1.82) is 0 Å². The number of amides is 1. The second-order valence-corrected chi connectivity index (χ2v) is 9.18. The van der Waals surface area contributed by atoms with Crippen molar-refractivity contribution < 1.29 is 17.9 Å². The average molecular weight is 423 g/mol. The Morgan fingerprint density at radius 2 is 1.79 bits per heavy atom. The van der Waals surface area contributed by atoms with E-state index >= 15 is 0 Å². The molecular weight excluding hydrogens is 400 g/mol. The molecule has 1 aliphatic heterocycles. The van der Waals surface area contributed by atoms with Crippen LogP contribution in [-0.2, 0) is 16.6 Å². The van der Waals surface area contributed by atoms with Crippen molar-refractivity contribution in [2.24, 2.45) is 0 Å². The zero-order chi connectivity index (χ0) is 20.1. The summed E-state index contributed by atoms with van der Waals surface area (Å²) in [5.74, 6) is 0.251. The predicted octanol–water partition coefficient (Wildman–Crippen LogP) is 3.07. The number of nitrogens with one attached hydrogen (secondary N) is 1. The zero-order valence-electron chi connectivity index (χ0n) is 15.6. The van der Waals surface area contributed by atoms with Gasteiger partial charge < -0.3 is 10.1 Å². The summed E-state index contributed by atoms with van der Waals surface area (Å²) in [7, 11) is -3.18. The van der Waals surface area contributed by atoms with Crippen molar-refractivity contribution >= 4 is 27.5 Å². The number of hydrogen-bond acceptors (Lipinski definition) is 4. The normalized spacial score (nSPS) is 15.9. The molecule has 6 nitrogen and oxygen atoms in total. The SMILES string of the molecule is CS(=O)(=O)N1CCC(NC(=O)c2ccccc2OCc2ccccc2Cl)CC1. The average Bonchev–Trinajstić information content (AvgIpc) is 2.67. The van der Waals surface area contributed by atoms with Crippen LogP contribution in [0.4, 0.5) is 0 Å². The van der Waals surface area contributed by atoms with E-state index in [1.165, 1.54) is 10.6 Å². The quantitative estimate of drug-likeness (QED) is 0.776. The predicted molar refractivity (Wildman–Crippen MR) is 109 cm³/mol. The Bertz CT molecular complexity index is 941. The van der Waals surface area contributed by atoms with E-state index in [-0.39, 0.29) is 18.6 Å². The van der Waals surface area contributed by atoms with Gasteiger partial charge in [0.25, 0.3) is 5.91 Å². The summed E-state index contributed by atoms with van der Waals surface area (Å²) in [4.78, 5) is 12.7. The van der Waals surface area contributed by atoms with Crippen molar-refractivity contribution in [3.8, 4) is 5.75 Å². The number of carbonyl (C=O) groups is 1. The molecule has 0 saturated carbocycles. The Balaban J connectivity index is 1.62. The van der Waals surface area contributed by atoms with Crippen LogP contribution in [0, 0.1) is 0 Å². The molecule has 150 valence electrons. The van der Waals surface area contributed by atoms with E-state index in [2.05, 4.69) is 5.32 Å². The Kier molecular flexibility index (Phi) is 6.59. The third kappa shape index (κ3) is 5.25. The molecule has 0 aromatic heterocycles. The third-order valence-corrected chi connectivity index (χ3v) is 6.40. The number of para-hydroxylation sites is 1. The lowest BCUT2D eigenvalue weighted by Crippen LogP contribution is -2.46. The van der Waals surface area contributed by atoms with E-state index in [1.807, 2.05) is 24.3 Å². The van der Waals surface area contributed by atoms with Crippen molar-refractivity contribution in [2.45, 2.75) is 25.5 Å². The molecular formula is C20H23ClN2O4S. The van der Waals surface area contributed by atoms with Crippen LogP contribution in [-0.4, -0.2) is 44.0 Å². The van der Waals surface area contributed by atoms with Crippen LogP contribution < -0.4 is 10.1 Å². The van der Waals surface area contributed by atoms with Gasteiger partial charge in [0.2, 0.25) is 10.0 Å². The van der Waals surface area contributed by atoms with Crippen molar-refractivity contribution in [1.82, 2.24) is 9.62 Å². The maximum absolute atomic E-state index is 12.7. The minimum atomic E-state index is -3.18. The number of benzene rings is 2. The molecule has 0 aliphatic carbocycles. The fourth-order valence-electron chi connectivity index (χ4n) is 3.15. The summed E-state index contributed by atoms with van der Waals surface area (Å²) in [6.07, 6.45) is 2.38. The van der Waals surface area contributed by atoms with Crippen LogP contribution in [0.1, 0.15) is 28.8 Å². The van der Waals surface area contributed by atoms with Gasteiger partial charge in [0.1, 0.15) is 12.4 Å². The Morgan fingerprint density at radius 3 is 2.46 bits per heavy atom. The lowest BCUT2D eigenvalue weighted by atomic mass is 10.1. The van der Waals surface area contributed by atoms with E-state index in [4.69, 9.17) is 16.3 Å². The molecule has 2 aromatic carbocycles. The van der Waals surface area contributed by atoms with Crippen LogP contribution in [0.5, 0.6) is 5.75 Å². The first-order valence-corrected chi connectivity index (χ1v) is 11.3. The van der Waals surface area contributed by atoms with Crippen molar-refractivity contribution in [3.05, 3.63) is 64.7 Å². The van der Waals surface area contributed by atoms with Crippen molar-refractivity contribution in [3.63, 3.8) is 0 Å². The van der Waals surface area contributed by atoms with Gasteiger partial charge in [0.15, 0.2) is 0 Å². The van der Waals surface area contributed by atoms with Crippen molar-refractivity contribution in [2.75, 3.05) is 19.3 Å². The summed E-state index contributed by atoms with van der Waals surface area (Å²) >= 11 is 6.16. The smallest absolute Gasteiger partial charge is 0.255 e. The molecule has 0 unspecified atom stereocenters. The number of ether oxygens (including phenoxy) is 1. The Hall–Kier alpha value is -2.09. The minimum absolute atomic E-state index is 0.0675. The monoisotopic (exact) mass is 422 g/mol. The standard InChI is InChI=1S/C20H23ClN2O4S/c1-28(25,26)23-12-10-16(11-13-23)22-20(24)17-7-3-5-9-19(17)27-14-15-6-2-4-8-18(15)21/h2-9,16H,10-14H2,1H3,(H,22,24). The van der Waals surface area contributed by atoms with Gasteiger partial charge in [-0.15, -0.1) is 0 Å². The number of sulfonamides is 1. The van der Waals surface area contributed by atoms with Crippen LogP contribution in [0.25, 0.3) is 0 Å². The first-order valence-electron chi connectivity index (χ1n) is 9.06. The van der Waals surface area contributed by atoms with Gasteiger partial charge in [-0.25, -0.2) is 12.7 Å². The third-order valence-electron chi connectivity index (χ3n) is 4.73. The topological polar surface area (TPSA) is 75.7 Å². The van der Waals surface area contributed by atoms with Crippen LogP contribution >= 0.6 is 11.6 Å². The van der Waals surface area contributed by atoms with Gasteiger partial charge in [-0.05, 0) is 31.0 Å². The van der Waals surface area contributed by atoms with Gasteiger partial charge in [-0.1, -0.05) is 41.9 Å². The second-order valence-electron chi connectivity index (χ2n) is 6.79. The largest absolute Gasteiger partial charge is 0.488 e. The second kappa shape index (κ2) is 8.94. The highest BCUT2D eigenvalue weighted by Crippen LogP contribution is 2.23. The fraction of sp³-hybridized carbons (Fsp3) is 0.350. The lowest BCUT2D eigenvalue weighted by Gasteiger charge is -2.30. The van der Waals surface area contributed by atoms with E-state index in [9.17, 15) is 13.2 Å². The van der Waals surface area contributed by atoms with E-state index < -0.39 is 10.0 Å². The van der Waals surface area contributed by atoms with Crippen LogP contribution in [0.2, 0.25) is 5.02 Å². The first-order chi connectivity index (χ1) is 13.3. The molecule has 1 amide bonds. The van der Waals surface area contributed by atoms with Gasteiger partial charge in [-0.2, -0.15) is 0 Å². The highest BCUT2D eigenvalue weighted by molar-refractivity contribution is 7.88.